The molecule has 54 heavy (non-hydrogen) atoms. The number of halogens is 20. The van der Waals surface area contributed by atoms with Crippen LogP contribution in [-0.2, 0) is 0 Å². The summed E-state index contributed by atoms with van der Waals surface area (Å²) >= 11 is 0. The largest absolute Gasteiger partial charge is 0.335 e. The number of hydrogen-bond donors (Lipinski definition) is 1. The molecular formula is C32H18BF20N. The minimum atomic E-state index is -7.22. The van der Waals surface area contributed by atoms with Gasteiger partial charge in [0.1, 0.15) is 52.7 Å². The molecule has 22 heteroatoms. The molecule has 0 aromatic heterocycles. The fourth-order valence-electron chi connectivity index (χ4n) is 6.58. The predicted molar refractivity (Wildman–Crippen MR) is 149 cm³/mol. The van der Waals surface area contributed by atoms with Crippen LogP contribution in [-0.4, -0.2) is 25.8 Å². The molecule has 1 nitrogen and oxygen atoms in total. The van der Waals surface area contributed by atoms with Crippen molar-refractivity contribution in [2.24, 2.45) is 0 Å². The molecule has 0 spiro atoms. The molecule has 0 heterocycles. The zero-order valence-electron chi connectivity index (χ0n) is 26.7. The lowest BCUT2D eigenvalue weighted by molar-refractivity contribution is -0.903. The van der Waals surface area contributed by atoms with Gasteiger partial charge >= 0.3 is 0 Å². The van der Waals surface area contributed by atoms with Gasteiger partial charge in [-0.15, -0.1) is 21.9 Å². The van der Waals surface area contributed by atoms with E-state index in [1.807, 2.05) is 0 Å². The van der Waals surface area contributed by atoms with Crippen molar-refractivity contribution < 1.29 is 92.7 Å². The predicted octanol–water partition coefficient (Wildman–Crippen LogP) is 6.31. The van der Waals surface area contributed by atoms with E-state index in [0.717, 1.165) is 6.04 Å². The third-order valence-electron chi connectivity index (χ3n) is 9.32. The van der Waals surface area contributed by atoms with Crippen molar-refractivity contribution in [3.8, 4) is 0 Å². The highest BCUT2D eigenvalue weighted by Crippen LogP contribution is 2.30. The highest BCUT2D eigenvalue weighted by Gasteiger charge is 2.52. The second-order valence-corrected chi connectivity index (χ2v) is 12.0. The minimum Gasteiger partial charge on any atom is -0.335 e. The molecule has 1 unspecified atom stereocenters. The molecule has 1 N–H and O–H groups in total. The molecule has 0 aliphatic heterocycles. The fourth-order valence-corrected chi connectivity index (χ4v) is 6.58. The van der Waals surface area contributed by atoms with Crippen LogP contribution in [0.25, 0.3) is 0 Å². The van der Waals surface area contributed by atoms with Gasteiger partial charge in [0.25, 0.3) is 0 Å². The molecule has 1 aliphatic rings. The van der Waals surface area contributed by atoms with E-state index in [9.17, 15) is 52.7 Å². The maximum absolute atomic E-state index is 15.4. The Bertz CT molecular complexity index is 1770. The molecule has 1 atom stereocenters. The fraction of sp³-hybridized carbons (Fsp3) is 0.250. The maximum Gasteiger partial charge on any atom is 0.200 e. The topological polar surface area (TPSA) is 4.44 Å². The summed E-state index contributed by atoms with van der Waals surface area (Å²) in [5, 5.41) is 0. The van der Waals surface area contributed by atoms with Crippen LogP contribution < -0.4 is 26.8 Å². The quantitative estimate of drug-likeness (QED) is 0.101. The molecule has 0 radical (unpaired) electrons. The smallest absolute Gasteiger partial charge is 0.200 e. The molecule has 5 rings (SSSR count). The molecule has 294 valence electrons. The van der Waals surface area contributed by atoms with Crippen LogP contribution in [0.5, 0.6) is 0 Å². The van der Waals surface area contributed by atoms with Crippen molar-refractivity contribution in [2.75, 3.05) is 13.6 Å². The van der Waals surface area contributed by atoms with E-state index >= 15 is 35.1 Å². The number of nitrogens with one attached hydrogen (secondary N) is 1. The number of hydrogen-bond acceptors (Lipinski definition) is 0. The van der Waals surface area contributed by atoms with Gasteiger partial charge in [0.15, 0.2) is 69.8 Å². The highest BCUT2D eigenvalue weighted by atomic mass is 19.2. The molecule has 1 fully saturated rings. The summed E-state index contributed by atoms with van der Waals surface area (Å²) < 4.78 is 294. The Hall–Kier alpha value is -4.50. The summed E-state index contributed by atoms with van der Waals surface area (Å²) in [5.41, 5.74) is -14.3. The zero-order valence-corrected chi connectivity index (χ0v) is 26.7. The molecule has 4 aromatic carbocycles. The standard InChI is InChI=1S/C24BF20.C8H17N/c26-5-1(6(27)14(35)21(42)13(5)34)25(2-7(28)15(36)22(43)16(37)8(2)29,3-9(30)17(38)23(44)18(39)10(3)31)4-11(32)19(40)24(45)20(41)12(4)33;1-3-9(2)8-6-4-5-7-8/h;8H,3-7H2,1-2H3/q-1;/p+1. The van der Waals surface area contributed by atoms with E-state index in [2.05, 4.69) is 14.0 Å². The zero-order chi connectivity index (χ0) is 41.0. The summed E-state index contributed by atoms with van der Waals surface area (Å²) in [6.45, 7) is 3.57. The van der Waals surface area contributed by atoms with E-state index in [-0.39, 0.29) is 0 Å². The van der Waals surface area contributed by atoms with Crippen LogP contribution in [0.15, 0.2) is 0 Å². The number of quaternary nitrogens is 1. The summed E-state index contributed by atoms with van der Waals surface area (Å²) in [4.78, 5) is 1.73. The second-order valence-electron chi connectivity index (χ2n) is 12.0. The molecule has 4 aromatic rings. The lowest BCUT2D eigenvalue weighted by atomic mass is 9.12. The third-order valence-corrected chi connectivity index (χ3v) is 9.32. The normalized spacial score (nSPS) is 14.1. The number of benzene rings is 4. The molecule has 0 saturated heterocycles. The van der Waals surface area contributed by atoms with Crippen LogP contribution in [0.1, 0.15) is 32.6 Å². The van der Waals surface area contributed by atoms with Gasteiger partial charge in [0.2, 0.25) is 0 Å². The van der Waals surface area contributed by atoms with Crippen LogP contribution in [0.3, 0.4) is 0 Å². The minimum absolute atomic E-state index is 0.995. The Balaban J connectivity index is 0.000000631. The van der Waals surface area contributed by atoms with E-state index in [0.29, 0.717) is 0 Å². The van der Waals surface area contributed by atoms with Gasteiger partial charge in [0.05, 0.1) is 19.6 Å². The first-order valence-corrected chi connectivity index (χ1v) is 15.1. The van der Waals surface area contributed by atoms with Gasteiger partial charge in [0, 0.05) is 0 Å². The van der Waals surface area contributed by atoms with Crippen LogP contribution in [0, 0.1) is 116 Å². The van der Waals surface area contributed by atoms with Crippen LogP contribution >= 0.6 is 0 Å². The molecule has 0 bridgehead atoms. The van der Waals surface area contributed by atoms with E-state index in [1.54, 1.807) is 4.90 Å². The second kappa shape index (κ2) is 15.3. The Morgan fingerprint density at radius 2 is 0.519 bits per heavy atom. The van der Waals surface area contributed by atoms with Crippen molar-refractivity contribution in [1.82, 2.24) is 0 Å². The average Bonchev–Trinajstić information content (AvgIpc) is 3.70. The molecule has 1 aliphatic carbocycles. The molecular weight excluding hydrogens is 789 g/mol. The van der Waals surface area contributed by atoms with E-state index in [1.165, 1.54) is 32.2 Å². The Morgan fingerprint density at radius 1 is 0.352 bits per heavy atom. The highest BCUT2D eigenvalue weighted by molar-refractivity contribution is 7.20. The molecule has 1 saturated carbocycles. The van der Waals surface area contributed by atoms with Gasteiger partial charge < -0.3 is 4.90 Å². The van der Waals surface area contributed by atoms with E-state index < -0.39 is 144 Å². The first-order valence-electron chi connectivity index (χ1n) is 15.1. The first kappa shape index (κ1) is 42.2. The lowest BCUT2D eigenvalue weighted by Gasteiger charge is -2.44. The van der Waals surface area contributed by atoms with Crippen molar-refractivity contribution in [3.63, 3.8) is 0 Å². The SMILES string of the molecule is CC[NH+](C)C1CCCC1.Fc1c(F)c(F)c([B-](c2c(F)c(F)c(F)c(F)c2F)(c2c(F)c(F)c(F)c(F)c2F)c2c(F)c(F)c(F)c(F)c2F)c(F)c1F. The lowest BCUT2D eigenvalue weighted by Crippen LogP contribution is -3.12. The monoisotopic (exact) mass is 807 g/mol. The van der Waals surface area contributed by atoms with Crippen LogP contribution in [0.4, 0.5) is 87.8 Å². The Morgan fingerprint density at radius 3 is 0.685 bits per heavy atom. The Labute approximate surface area is 289 Å². The first-order chi connectivity index (χ1) is 25.0. The average molecular weight is 807 g/mol. The van der Waals surface area contributed by atoms with Gasteiger partial charge in [-0.05, 0) is 32.6 Å². The maximum atomic E-state index is 15.4. The van der Waals surface area contributed by atoms with Crippen molar-refractivity contribution in [1.29, 1.82) is 0 Å². The Kier molecular flexibility index (Phi) is 12.0. The summed E-state index contributed by atoms with van der Waals surface area (Å²) in [6.07, 6.45) is -1.32. The van der Waals surface area contributed by atoms with Crippen molar-refractivity contribution in [3.05, 3.63) is 116 Å². The number of rotatable bonds is 6. The summed E-state index contributed by atoms with van der Waals surface area (Å²) in [6, 6.07) is 0.995. The van der Waals surface area contributed by atoms with Crippen LogP contribution in [0.2, 0.25) is 0 Å². The van der Waals surface area contributed by atoms with Crippen molar-refractivity contribution in [2.45, 2.75) is 38.6 Å². The van der Waals surface area contributed by atoms with Gasteiger partial charge in [-0.25, -0.2) is 87.8 Å². The van der Waals surface area contributed by atoms with Gasteiger partial charge in [-0.2, -0.15) is 0 Å². The van der Waals surface area contributed by atoms with E-state index in [4.69, 9.17) is 0 Å². The van der Waals surface area contributed by atoms with Gasteiger partial charge in [-0.1, -0.05) is 0 Å². The summed E-state index contributed by atoms with van der Waals surface area (Å²) in [5.74, 6) is -71.4. The summed E-state index contributed by atoms with van der Waals surface area (Å²) in [7, 11) is 2.32. The third kappa shape index (κ3) is 6.22. The van der Waals surface area contributed by atoms with Gasteiger partial charge in [-0.3, -0.25) is 0 Å². The molecule has 0 amide bonds. The van der Waals surface area contributed by atoms with Crippen molar-refractivity contribution >= 4 is 28.0 Å².